The van der Waals surface area contributed by atoms with Crippen molar-refractivity contribution in [1.29, 1.82) is 0 Å². The molecule has 0 saturated carbocycles. The van der Waals surface area contributed by atoms with Crippen LogP contribution in [0.4, 0.5) is 0 Å². The second-order valence-electron chi connectivity index (χ2n) is 12.9. The van der Waals surface area contributed by atoms with E-state index in [1.165, 1.54) is 53.9 Å². The summed E-state index contributed by atoms with van der Waals surface area (Å²) in [7, 11) is 0. The Kier molecular flexibility index (Phi) is 9.99. The van der Waals surface area contributed by atoms with Crippen molar-refractivity contribution in [2.75, 3.05) is 0 Å². The maximum absolute atomic E-state index is 6.63. The Balaban J connectivity index is 0.000000250. The molecule has 0 spiro atoms. The van der Waals surface area contributed by atoms with Crippen molar-refractivity contribution >= 4 is 43.4 Å². The summed E-state index contributed by atoms with van der Waals surface area (Å²) in [6.07, 6.45) is 3.91. The predicted octanol–water partition coefficient (Wildman–Crippen LogP) is 12.5. The third-order valence-corrected chi connectivity index (χ3v) is 10.4. The van der Waals surface area contributed by atoms with Crippen LogP contribution in [-0.2, 0) is 20.1 Å². The maximum Gasteiger partial charge on any atom is 0.129 e. The third kappa shape index (κ3) is 6.51. The Bertz CT molecular complexity index is 2400. The fraction of sp³-hybridized carbons (Fsp3) is 0.182. The summed E-state index contributed by atoms with van der Waals surface area (Å²) in [5, 5.41) is 3.50. The maximum atomic E-state index is 6.63. The molecule has 8 aromatic rings. The number of fused-ring (bicyclic) bond motifs is 5. The van der Waals surface area contributed by atoms with E-state index in [9.17, 15) is 0 Å². The molecular weight excluding hydrogens is 797 g/mol. The van der Waals surface area contributed by atoms with Crippen molar-refractivity contribution in [2.45, 2.75) is 54.4 Å². The molecule has 0 saturated heterocycles. The summed E-state index contributed by atoms with van der Waals surface area (Å²) in [5.74, 6) is 0.358. The SMILES string of the molecule is Cc1ccc(-c2[c-]cccc2)nc1.Cc1cccc(C)c1-c1cnc(-c2[c-]ccc3c2oc2c3ccc3sc(C)c(C)c32)cc1C(C)C.[Ir]. The van der Waals surface area contributed by atoms with Crippen LogP contribution in [0.1, 0.15) is 52.5 Å². The van der Waals surface area contributed by atoms with Gasteiger partial charge in [0, 0.05) is 58.4 Å². The number of thiophene rings is 1. The predicted molar refractivity (Wildman–Crippen MR) is 203 cm³/mol. The molecular formula is C44H38IrN2OS-2. The minimum Gasteiger partial charge on any atom is -0.500 e. The van der Waals surface area contributed by atoms with Gasteiger partial charge in [-0.3, -0.25) is 0 Å². The molecule has 49 heavy (non-hydrogen) atoms. The van der Waals surface area contributed by atoms with Crippen LogP contribution in [0, 0.1) is 46.8 Å². The zero-order valence-corrected chi connectivity index (χ0v) is 32.1. The van der Waals surface area contributed by atoms with Crippen LogP contribution in [0.15, 0.2) is 102 Å². The molecule has 0 aliphatic rings. The van der Waals surface area contributed by atoms with E-state index in [1.807, 2.05) is 67.1 Å². The number of furan rings is 1. The first kappa shape index (κ1) is 34.5. The number of nitrogens with zero attached hydrogens (tertiary/aromatic N) is 2. The first-order valence-corrected chi connectivity index (χ1v) is 17.2. The topological polar surface area (TPSA) is 38.9 Å². The third-order valence-electron chi connectivity index (χ3n) is 9.19. The van der Waals surface area contributed by atoms with Gasteiger partial charge in [0.1, 0.15) is 5.58 Å². The average Bonchev–Trinajstić information content (AvgIpc) is 3.61. The Morgan fingerprint density at radius 2 is 1.47 bits per heavy atom. The summed E-state index contributed by atoms with van der Waals surface area (Å²) in [4.78, 5) is 10.6. The molecule has 0 bridgehead atoms. The summed E-state index contributed by atoms with van der Waals surface area (Å²) in [6, 6.07) is 35.8. The van der Waals surface area contributed by atoms with Gasteiger partial charge < -0.3 is 14.4 Å². The fourth-order valence-electron chi connectivity index (χ4n) is 6.55. The van der Waals surface area contributed by atoms with Crippen molar-refractivity contribution in [1.82, 2.24) is 9.97 Å². The molecule has 3 nitrogen and oxygen atoms in total. The molecule has 0 aliphatic carbocycles. The molecule has 0 amide bonds. The molecule has 4 heterocycles. The van der Waals surface area contributed by atoms with Crippen LogP contribution in [0.5, 0.6) is 0 Å². The summed E-state index contributed by atoms with van der Waals surface area (Å²) in [5.41, 5.74) is 14.5. The van der Waals surface area contributed by atoms with Crippen LogP contribution in [0.3, 0.4) is 0 Å². The van der Waals surface area contributed by atoms with E-state index in [0.29, 0.717) is 5.92 Å². The average molecular weight is 835 g/mol. The zero-order valence-electron chi connectivity index (χ0n) is 28.9. The first-order valence-electron chi connectivity index (χ1n) is 16.4. The van der Waals surface area contributed by atoms with Crippen molar-refractivity contribution in [3.8, 4) is 33.6 Å². The van der Waals surface area contributed by atoms with E-state index in [4.69, 9.17) is 9.40 Å². The van der Waals surface area contributed by atoms with Gasteiger partial charge in [-0.1, -0.05) is 67.3 Å². The number of aryl methyl sites for hydroxylation is 5. The largest absolute Gasteiger partial charge is 0.500 e. The quantitative estimate of drug-likeness (QED) is 0.166. The molecule has 5 heteroatoms. The second kappa shape index (κ2) is 14.2. The summed E-state index contributed by atoms with van der Waals surface area (Å²) < 4.78 is 7.91. The Labute approximate surface area is 306 Å². The second-order valence-corrected chi connectivity index (χ2v) is 14.1. The molecule has 4 aromatic heterocycles. The molecule has 0 atom stereocenters. The van der Waals surface area contributed by atoms with Crippen molar-refractivity contribution in [3.63, 3.8) is 0 Å². The number of hydrogen-bond acceptors (Lipinski definition) is 4. The van der Waals surface area contributed by atoms with Gasteiger partial charge in [0.25, 0.3) is 0 Å². The van der Waals surface area contributed by atoms with Crippen LogP contribution < -0.4 is 0 Å². The number of hydrogen-bond donors (Lipinski definition) is 0. The van der Waals surface area contributed by atoms with E-state index in [2.05, 4.69) is 107 Å². The number of rotatable bonds is 4. The number of pyridine rings is 2. The molecule has 0 N–H and O–H groups in total. The summed E-state index contributed by atoms with van der Waals surface area (Å²) in [6.45, 7) is 15.3. The van der Waals surface area contributed by atoms with E-state index in [0.717, 1.165) is 44.5 Å². The molecule has 247 valence electrons. The van der Waals surface area contributed by atoms with Gasteiger partial charge in [0.05, 0.1) is 5.58 Å². The van der Waals surface area contributed by atoms with Gasteiger partial charge in [0.2, 0.25) is 0 Å². The van der Waals surface area contributed by atoms with Crippen LogP contribution >= 0.6 is 11.3 Å². The van der Waals surface area contributed by atoms with Crippen LogP contribution in [-0.4, -0.2) is 9.97 Å². The van der Waals surface area contributed by atoms with Crippen LogP contribution in [0.25, 0.3) is 65.7 Å². The Morgan fingerprint density at radius 1 is 0.714 bits per heavy atom. The number of benzene rings is 4. The van der Waals surface area contributed by atoms with Crippen LogP contribution in [0.2, 0.25) is 0 Å². The number of aromatic nitrogens is 2. The normalized spacial score (nSPS) is 11.2. The minimum absolute atomic E-state index is 0. The summed E-state index contributed by atoms with van der Waals surface area (Å²) >= 11 is 1.83. The molecule has 4 aromatic carbocycles. The minimum atomic E-state index is 0. The van der Waals surface area contributed by atoms with Crippen molar-refractivity contribution in [2.24, 2.45) is 0 Å². The Morgan fingerprint density at radius 3 is 2.16 bits per heavy atom. The molecule has 0 fully saturated rings. The van der Waals surface area contributed by atoms with Gasteiger partial charge in [-0.15, -0.1) is 65.4 Å². The van der Waals surface area contributed by atoms with Gasteiger partial charge in [-0.25, -0.2) is 0 Å². The van der Waals surface area contributed by atoms with Crippen molar-refractivity contribution in [3.05, 3.63) is 142 Å². The van der Waals surface area contributed by atoms with E-state index < -0.39 is 0 Å². The van der Waals surface area contributed by atoms with E-state index in [1.54, 1.807) is 0 Å². The molecule has 1 radical (unpaired) electrons. The molecule has 0 aliphatic heterocycles. The fourth-order valence-corrected chi connectivity index (χ4v) is 7.62. The molecule has 0 unspecified atom stereocenters. The van der Waals surface area contributed by atoms with Gasteiger partial charge in [-0.05, 0) is 91.4 Å². The standard InChI is InChI=1S/C32H28NOS.C12H10N.Ir/c1-17(2)25-15-27(33-16-26(25)29-18(3)9-7-10-19(29)4)24-12-8-11-22-23-13-14-28-30(20(5)21(6)35-28)32(23)34-31(22)24;1-10-7-8-12(13-9-10)11-5-3-2-4-6-11;/h7-11,13-17H,1-6H3;2-5,7-9H,1H3;/q2*-1;. The monoisotopic (exact) mass is 835 g/mol. The van der Waals surface area contributed by atoms with E-state index >= 15 is 0 Å². The van der Waals surface area contributed by atoms with Crippen molar-refractivity contribution < 1.29 is 24.5 Å². The van der Waals surface area contributed by atoms with E-state index in [-0.39, 0.29) is 20.1 Å². The van der Waals surface area contributed by atoms with Gasteiger partial charge >= 0.3 is 0 Å². The van der Waals surface area contributed by atoms with Gasteiger partial charge in [0.15, 0.2) is 0 Å². The first-order chi connectivity index (χ1) is 23.2. The molecule has 8 rings (SSSR count). The Hall–Kier alpha value is -4.41. The zero-order chi connectivity index (χ0) is 33.5. The van der Waals surface area contributed by atoms with Gasteiger partial charge in [-0.2, -0.15) is 0 Å². The smallest absolute Gasteiger partial charge is 0.129 e.